The number of hydrogen-bond donors (Lipinski definition) is 4. The van der Waals surface area contributed by atoms with Crippen molar-refractivity contribution in [3.63, 3.8) is 0 Å². The average molecular weight is 700 g/mol. The van der Waals surface area contributed by atoms with Crippen LogP contribution in [0.2, 0.25) is 0 Å². The van der Waals surface area contributed by atoms with Crippen molar-refractivity contribution in [2.75, 3.05) is 13.1 Å². The summed E-state index contributed by atoms with van der Waals surface area (Å²) >= 11 is 1.47. The summed E-state index contributed by atoms with van der Waals surface area (Å²) in [5.41, 5.74) is 0.836. The second kappa shape index (κ2) is 15.9. The van der Waals surface area contributed by atoms with Crippen LogP contribution in [0.15, 0.2) is 75.9 Å². The van der Waals surface area contributed by atoms with Crippen LogP contribution in [0.4, 0.5) is 0 Å². The van der Waals surface area contributed by atoms with Gasteiger partial charge in [-0.05, 0) is 54.5 Å². The summed E-state index contributed by atoms with van der Waals surface area (Å²) < 4.78 is 30.9. The van der Waals surface area contributed by atoms with Gasteiger partial charge in [-0.25, -0.2) is 18.2 Å². The zero-order valence-electron chi connectivity index (χ0n) is 27.9. The molecule has 260 valence electrons. The number of carbonyl (C=O) groups is 1. The molecule has 0 saturated heterocycles. The third-order valence-electron chi connectivity index (χ3n) is 7.93. The number of imidazole rings is 1. The van der Waals surface area contributed by atoms with Crippen molar-refractivity contribution in [1.29, 1.82) is 0 Å². The molecule has 0 spiro atoms. The molecule has 0 bridgehead atoms. The van der Waals surface area contributed by atoms with E-state index >= 15 is 0 Å². The maximum Gasteiger partial charge on any atom is 0.332 e. The molecule has 2 aromatic carbocycles. The van der Waals surface area contributed by atoms with Gasteiger partial charge in [0.15, 0.2) is 0 Å². The zero-order valence-corrected chi connectivity index (χ0v) is 29.5. The van der Waals surface area contributed by atoms with Crippen LogP contribution in [-0.2, 0) is 34.2 Å². The number of thiazole rings is 1. The predicted octanol–water partition coefficient (Wildman–Crippen LogP) is 3.76. The fraction of sp³-hybridized carbons (Fsp3) is 0.441. The second-order valence-corrected chi connectivity index (χ2v) is 15.5. The largest absolute Gasteiger partial charge is 0.508 e. The van der Waals surface area contributed by atoms with Crippen molar-refractivity contribution < 1.29 is 28.5 Å². The molecular weight excluding hydrogens is 655 g/mol. The van der Waals surface area contributed by atoms with Gasteiger partial charge in [-0.2, -0.15) is 4.31 Å². The van der Waals surface area contributed by atoms with E-state index in [-0.39, 0.29) is 48.5 Å². The summed E-state index contributed by atoms with van der Waals surface area (Å²) in [6, 6.07) is 12.4. The van der Waals surface area contributed by atoms with Crippen molar-refractivity contribution in [2.24, 2.45) is 11.8 Å². The third-order valence-corrected chi connectivity index (χ3v) is 10.8. The van der Waals surface area contributed by atoms with Gasteiger partial charge in [-0.1, -0.05) is 65.0 Å². The Bertz CT molecular complexity index is 1820. The molecule has 0 fully saturated rings. The minimum Gasteiger partial charge on any atom is -0.508 e. The summed E-state index contributed by atoms with van der Waals surface area (Å²) in [5, 5.41) is 37.7. The maximum absolute atomic E-state index is 14.0. The number of aromatic hydroxyl groups is 2. The molecule has 0 radical (unpaired) electrons. The number of aromatic nitrogens is 3. The number of phenolic OH excluding ortho intramolecular Hbond substituents is 1. The highest BCUT2D eigenvalue weighted by Crippen LogP contribution is 2.24. The van der Waals surface area contributed by atoms with E-state index in [1.807, 2.05) is 56.5 Å². The lowest BCUT2D eigenvalue weighted by Gasteiger charge is -2.32. The fourth-order valence-electron chi connectivity index (χ4n) is 5.53. The number of aryl methyl sites for hydroxylation is 1. The molecule has 3 atom stereocenters. The summed E-state index contributed by atoms with van der Waals surface area (Å²) in [4.78, 5) is 32.1. The Hall–Kier alpha value is -3.98. The lowest BCUT2D eigenvalue weighted by atomic mass is 9.98. The van der Waals surface area contributed by atoms with Crippen LogP contribution in [-0.4, -0.2) is 73.3 Å². The number of benzene rings is 2. The molecule has 48 heavy (non-hydrogen) atoms. The van der Waals surface area contributed by atoms with E-state index in [1.165, 1.54) is 50.7 Å². The van der Waals surface area contributed by atoms with Gasteiger partial charge in [0.25, 0.3) is 0 Å². The summed E-state index contributed by atoms with van der Waals surface area (Å²) in [7, 11) is -4.08. The summed E-state index contributed by atoms with van der Waals surface area (Å²) in [5.74, 6) is -1.44. The third kappa shape index (κ3) is 8.92. The van der Waals surface area contributed by atoms with Gasteiger partial charge in [0, 0.05) is 18.5 Å². The number of aliphatic hydroxyl groups excluding tert-OH is 1. The van der Waals surface area contributed by atoms with Crippen molar-refractivity contribution in [3.8, 4) is 11.6 Å². The Morgan fingerprint density at radius 3 is 2.27 bits per heavy atom. The topological polar surface area (TPSA) is 167 Å². The number of nitrogens with zero attached hydrogens (tertiary/aromatic N) is 4. The summed E-state index contributed by atoms with van der Waals surface area (Å²) in [6.45, 7) is 9.06. The smallest absolute Gasteiger partial charge is 0.332 e. The fourth-order valence-corrected chi connectivity index (χ4v) is 7.89. The van der Waals surface area contributed by atoms with Crippen LogP contribution in [0.5, 0.6) is 11.6 Å². The number of sulfonamides is 1. The minimum atomic E-state index is -4.08. The normalized spacial score (nSPS) is 14.0. The Kier molecular flexibility index (Phi) is 12.2. The van der Waals surface area contributed by atoms with Gasteiger partial charge in [0.1, 0.15) is 11.8 Å². The minimum absolute atomic E-state index is 0.0380. The van der Waals surface area contributed by atoms with Crippen molar-refractivity contribution >= 4 is 27.3 Å². The van der Waals surface area contributed by atoms with E-state index in [2.05, 4.69) is 10.3 Å². The molecule has 14 heteroatoms. The molecule has 2 heterocycles. The van der Waals surface area contributed by atoms with E-state index in [0.29, 0.717) is 5.69 Å². The number of rotatable bonds is 16. The first kappa shape index (κ1) is 36.8. The Balaban J connectivity index is 1.64. The van der Waals surface area contributed by atoms with Crippen LogP contribution in [0, 0.1) is 11.8 Å². The lowest BCUT2D eigenvalue weighted by Crippen LogP contribution is -2.53. The molecule has 0 unspecified atom stereocenters. The van der Waals surface area contributed by atoms with Crippen molar-refractivity contribution in [1.82, 2.24) is 23.7 Å². The number of aliphatic hydroxyl groups is 1. The van der Waals surface area contributed by atoms with E-state index in [0.717, 1.165) is 21.6 Å². The molecular formula is C34H45N5O7S2. The number of carbonyl (C=O) groups excluding carboxylic acids is 1. The van der Waals surface area contributed by atoms with Gasteiger partial charge >= 0.3 is 5.69 Å². The van der Waals surface area contributed by atoms with E-state index < -0.39 is 45.7 Å². The lowest BCUT2D eigenvalue weighted by molar-refractivity contribution is -0.127. The molecule has 12 nitrogen and oxygen atoms in total. The van der Waals surface area contributed by atoms with Crippen LogP contribution >= 0.6 is 11.3 Å². The number of phenols is 1. The number of nitrogens with one attached hydrogen (secondary N) is 1. The van der Waals surface area contributed by atoms with Crippen LogP contribution in [0.1, 0.15) is 56.9 Å². The highest BCUT2D eigenvalue weighted by Gasteiger charge is 2.34. The van der Waals surface area contributed by atoms with Crippen molar-refractivity contribution in [3.05, 3.63) is 92.9 Å². The molecule has 0 aliphatic carbocycles. The number of amides is 1. The van der Waals surface area contributed by atoms with E-state index in [9.17, 15) is 33.3 Å². The van der Waals surface area contributed by atoms with Crippen LogP contribution in [0.3, 0.4) is 0 Å². The van der Waals surface area contributed by atoms with Gasteiger partial charge in [-0.15, -0.1) is 11.3 Å². The molecule has 4 rings (SSSR count). The summed E-state index contributed by atoms with van der Waals surface area (Å²) in [6.07, 6.45) is 0.810. The van der Waals surface area contributed by atoms with E-state index in [1.54, 1.807) is 13.8 Å². The van der Waals surface area contributed by atoms with Gasteiger partial charge < -0.3 is 20.6 Å². The molecule has 1 amide bonds. The molecule has 4 aromatic rings. The molecule has 0 aliphatic heterocycles. The highest BCUT2D eigenvalue weighted by molar-refractivity contribution is 7.89. The first-order valence-electron chi connectivity index (χ1n) is 16.0. The van der Waals surface area contributed by atoms with Gasteiger partial charge in [-0.3, -0.25) is 13.9 Å². The predicted molar refractivity (Wildman–Crippen MR) is 185 cm³/mol. The second-order valence-electron chi connectivity index (χ2n) is 12.6. The van der Waals surface area contributed by atoms with Crippen LogP contribution in [0.25, 0.3) is 0 Å². The average Bonchev–Trinajstić information content (AvgIpc) is 3.60. The molecule has 2 aromatic heterocycles. The van der Waals surface area contributed by atoms with Crippen molar-refractivity contribution in [2.45, 2.75) is 77.1 Å². The standard InChI is InChI=1S/C34H45N5O7S2/c1-6-30-35-25(21-47-30)18-38-31(42)20-39(34(38)44)32(23(4)5)33(43)36-28(16-24-10-8-7-9-11-24)29(41)19-37(17-22(2)3)48(45,46)27-14-12-26(40)13-15-27/h7-15,20-23,28-29,32,40-42H,6,16-19H2,1-5H3,(H,36,43)/t28-,29+,32-/m0/s1. The van der Waals surface area contributed by atoms with Gasteiger partial charge in [0.05, 0.1) is 40.5 Å². The number of hydrogen-bond acceptors (Lipinski definition) is 9. The molecule has 0 aliphatic rings. The molecule has 4 N–H and O–H groups in total. The monoisotopic (exact) mass is 699 g/mol. The quantitative estimate of drug-likeness (QED) is 0.137. The Morgan fingerprint density at radius 2 is 1.69 bits per heavy atom. The Labute approximate surface area is 285 Å². The Morgan fingerprint density at radius 1 is 1.02 bits per heavy atom. The maximum atomic E-state index is 14.0. The molecule has 0 saturated carbocycles. The zero-order chi connectivity index (χ0) is 35.2. The van der Waals surface area contributed by atoms with E-state index in [4.69, 9.17) is 0 Å². The van der Waals surface area contributed by atoms with Crippen LogP contribution < -0.4 is 11.0 Å². The first-order chi connectivity index (χ1) is 22.7. The highest BCUT2D eigenvalue weighted by atomic mass is 32.2. The SMILES string of the molecule is CCc1nc(Cn2c(O)cn([C@H](C(=O)N[C@@H](Cc3ccccc3)[C@H](O)CN(CC(C)C)S(=O)(=O)c3ccc(O)cc3)C(C)C)c2=O)cs1. The van der Waals surface area contributed by atoms with Gasteiger partial charge in [0.2, 0.25) is 21.8 Å². The first-order valence-corrected chi connectivity index (χ1v) is 18.3.